The number of hydrogen-bond donors (Lipinski definition) is 2. The Bertz CT molecular complexity index is 411. The van der Waals surface area contributed by atoms with E-state index in [1.165, 1.54) is 6.42 Å². The maximum absolute atomic E-state index is 8.77. The third-order valence-electron chi connectivity index (χ3n) is 3.59. The number of thioether (sulfide) groups is 1. The number of nitrogens with zero attached hydrogens (tertiary/aromatic N) is 4. The second-order valence-corrected chi connectivity index (χ2v) is 6.62. The van der Waals surface area contributed by atoms with E-state index in [0.717, 1.165) is 42.7 Å². The number of nitrogens with one attached hydrogen (secondary N) is 1. The molecule has 22 heavy (non-hydrogen) atoms. The monoisotopic (exact) mass is 329 g/mol. The Balaban J connectivity index is 2.76. The average Bonchev–Trinajstić information content (AvgIpc) is 2.88. The van der Waals surface area contributed by atoms with Crippen molar-refractivity contribution in [3.63, 3.8) is 0 Å². The van der Waals surface area contributed by atoms with Crippen LogP contribution in [0.15, 0.2) is 5.16 Å². The molecule has 0 saturated heterocycles. The first-order valence-corrected chi connectivity index (χ1v) is 9.18. The summed E-state index contributed by atoms with van der Waals surface area (Å²) in [6, 6.07) is 0.311. The normalized spacial score (nSPS) is 13.0. The summed E-state index contributed by atoms with van der Waals surface area (Å²) in [5, 5.41) is 21.8. The molecule has 1 aromatic heterocycles. The predicted octanol–water partition coefficient (Wildman–Crippen LogP) is 1.76. The molecule has 1 rings (SSSR count). The number of rotatable bonds is 12. The Hall–Kier alpha value is -0.630. The molecule has 128 valence electrons. The van der Waals surface area contributed by atoms with E-state index < -0.39 is 0 Å². The molecular weight excluding hydrogens is 298 g/mol. The fourth-order valence-corrected chi connectivity index (χ4v) is 3.25. The Morgan fingerprint density at radius 3 is 2.64 bits per heavy atom. The molecule has 0 radical (unpaired) electrons. The SMILES string of the molecule is CCCCn1c(SCCNCCO)nnc1[C@@H](CC)N(C)C. The summed E-state index contributed by atoms with van der Waals surface area (Å²) in [7, 11) is 4.19. The van der Waals surface area contributed by atoms with E-state index in [0.29, 0.717) is 12.6 Å². The van der Waals surface area contributed by atoms with E-state index in [9.17, 15) is 0 Å². The molecule has 2 N–H and O–H groups in total. The topological polar surface area (TPSA) is 66.2 Å². The van der Waals surface area contributed by atoms with Crippen LogP contribution >= 0.6 is 11.8 Å². The number of aliphatic hydroxyl groups excluding tert-OH is 1. The molecule has 0 aliphatic carbocycles. The number of unbranched alkanes of at least 4 members (excludes halogenated alkanes) is 1. The van der Waals surface area contributed by atoms with Gasteiger partial charge < -0.3 is 15.0 Å². The fourth-order valence-electron chi connectivity index (χ4n) is 2.38. The van der Waals surface area contributed by atoms with Gasteiger partial charge in [0.25, 0.3) is 0 Å². The summed E-state index contributed by atoms with van der Waals surface area (Å²) in [6.45, 7) is 7.07. The van der Waals surface area contributed by atoms with E-state index in [1.807, 2.05) is 0 Å². The van der Waals surface area contributed by atoms with Crippen molar-refractivity contribution >= 4 is 11.8 Å². The Morgan fingerprint density at radius 2 is 2.05 bits per heavy atom. The van der Waals surface area contributed by atoms with Crippen LogP contribution in [0, 0.1) is 0 Å². The van der Waals surface area contributed by atoms with E-state index in [2.05, 4.69) is 52.9 Å². The number of aromatic nitrogens is 3. The Kier molecular flexibility index (Phi) is 9.70. The highest BCUT2D eigenvalue weighted by Crippen LogP contribution is 2.25. The standard InChI is InChI=1S/C15H31N5OS/c1-5-7-10-20-14(13(6-2)19(3)4)17-18-15(20)22-12-9-16-8-11-21/h13,16,21H,5-12H2,1-4H3/t13-/m1/s1. The lowest BCUT2D eigenvalue weighted by Gasteiger charge is -2.23. The van der Waals surface area contributed by atoms with E-state index in [4.69, 9.17) is 5.11 Å². The van der Waals surface area contributed by atoms with Gasteiger partial charge in [-0.15, -0.1) is 10.2 Å². The molecule has 1 atom stereocenters. The van der Waals surface area contributed by atoms with Crippen LogP contribution in [-0.2, 0) is 6.54 Å². The summed E-state index contributed by atoms with van der Waals surface area (Å²) in [4.78, 5) is 2.21. The van der Waals surface area contributed by atoms with Gasteiger partial charge in [0.1, 0.15) is 0 Å². The fraction of sp³-hybridized carbons (Fsp3) is 0.867. The minimum Gasteiger partial charge on any atom is -0.395 e. The largest absolute Gasteiger partial charge is 0.395 e. The quantitative estimate of drug-likeness (QED) is 0.450. The molecule has 0 amide bonds. The van der Waals surface area contributed by atoms with Crippen molar-refractivity contribution in [3.05, 3.63) is 5.82 Å². The molecule has 0 aliphatic heterocycles. The van der Waals surface area contributed by atoms with Crippen LogP contribution in [0.5, 0.6) is 0 Å². The molecule has 0 unspecified atom stereocenters. The lowest BCUT2D eigenvalue weighted by Crippen LogP contribution is -2.23. The third kappa shape index (κ3) is 5.87. The van der Waals surface area contributed by atoms with Crippen molar-refractivity contribution < 1.29 is 5.11 Å². The Labute approximate surface area is 138 Å². The van der Waals surface area contributed by atoms with E-state index in [-0.39, 0.29) is 6.61 Å². The van der Waals surface area contributed by atoms with E-state index in [1.54, 1.807) is 11.8 Å². The predicted molar refractivity (Wildman–Crippen MR) is 92.3 cm³/mol. The summed E-state index contributed by atoms with van der Waals surface area (Å²) in [5.74, 6) is 2.01. The summed E-state index contributed by atoms with van der Waals surface area (Å²) >= 11 is 1.74. The van der Waals surface area contributed by atoms with E-state index >= 15 is 0 Å². The van der Waals surface area contributed by atoms with Crippen LogP contribution in [0.1, 0.15) is 45.0 Å². The number of hydrogen-bond acceptors (Lipinski definition) is 6. The molecule has 0 saturated carbocycles. The molecule has 0 aromatic carbocycles. The minimum atomic E-state index is 0.183. The first-order chi connectivity index (χ1) is 10.7. The Morgan fingerprint density at radius 1 is 1.27 bits per heavy atom. The molecule has 0 fully saturated rings. The van der Waals surface area contributed by atoms with Crippen LogP contribution in [0.25, 0.3) is 0 Å². The van der Waals surface area contributed by atoms with Gasteiger partial charge in [-0.1, -0.05) is 32.0 Å². The molecule has 0 spiro atoms. The van der Waals surface area contributed by atoms with Crippen LogP contribution in [0.3, 0.4) is 0 Å². The minimum absolute atomic E-state index is 0.183. The van der Waals surface area contributed by atoms with Crippen molar-refractivity contribution in [2.45, 2.75) is 50.9 Å². The van der Waals surface area contributed by atoms with Crippen LogP contribution < -0.4 is 5.32 Å². The van der Waals surface area contributed by atoms with Gasteiger partial charge in [0.2, 0.25) is 0 Å². The lowest BCUT2D eigenvalue weighted by molar-refractivity contribution is 0.270. The molecule has 7 heteroatoms. The lowest BCUT2D eigenvalue weighted by atomic mass is 10.2. The van der Waals surface area contributed by atoms with Gasteiger partial charge in [-0.3, -0.25) is 4.90 Å². The first-order valence-electron chi connectivity index (χ1n) is 8.19. The maximum atomic E-state index is 8.77. The van der Waals surface area contributed by atoms with Gasteiger partial charge >= 0.3 is 0 Å². The van der Waals surface area contributed by atoms with Crippen LogP contribution in [0.2, 0.25) is 0 Å². The van der Waals surface area contributed by atoms with Crippen LogP contribution in [-0.4, -0.2) is 64.3 Å². The number of aliphatic hydroxyl groups is 1. The molecule has 6 nitrogen and oxygen atoms in total. The summed E-state index contributed by atoms with van der Waals surface area (Å²) in [5.41, 5.74) is 0. The highest BCUT2D eigenvalue weighted by atomic mass is 32.2. The van der Waals surface area contributed by atoms with Gasteiger partial charge in [0.05, 0.1) is 12.6 Å². The van der Waals surface area contributed by atoms with Crippen molar-refractivity contribution in [2.75, 3.05) is 39.5 Å². The maximum Gasteiger partial charge on any atom is 0.191 e. The molecule has 0 bridgehead atoms. The summed E-state index contributed by atoms with van der Waals surface area (Å²) < 4.78 is 2.29. The van der Waals surface area contributed by atoms with Gasteiger partial charge in [-0.2, -0.15) is 0 Å². The molecule has 1 heterocycles. The van der Waals surface area contributed by atoms with Crippen molar-refractivity contribution in [2.24, 2.45) is 0 Å². The third-order valence-corrected chi connectivity index (χ3v) is 4.56. The highest BCUT2D eigenvalue weighted by Gasteiger charge is 2.21. The van der Waals surface area contributed by atoms with Gasteiger partial charge in [0, 0.05) is 25.4 Å². The highest BCUT2D eigenvalue weighted by molar-refractivity contribution is 7.99. The zero-order chi connectivity index (χ0) is 16.4. The van der Waals surface area contributed by atoms with Crippen molar-refractivity contribution in [1.82, 2.24) is 25.0 Å². The van der Waals surface area contributed by atoms with Crippen molar-refractivity contribution in [3.8, 4) is 0 Å². The second-order valence-electron chi connectivity index (χ2n) is 5.56. The second kappa shape index (κ2) is 11.0. The zero-order valence-electron chi connectivity index (χ0n) is 14.4. The van der Waals surface area contributed by atoms with Gasteiger partial charge in [0.15, 0.2) is 11.0 Å². The average molecular weight is 330 g/mol. The molecule has 0 aliphatic rings. The van der Waals surface area contributed by atoms with Crippen LogP contribution in [0.4, 0.5) is 0 Å². The van der Waals surface area contributed by atoms with Gasteiger partial charge in [-0.25, -0.2) is 0 Å². The zero-order valence-corrected chi connectivity index (χ0v) is 15.2. The molecule has 1 aromatic rings. The first kappa shape index (κ1) is 19.4. The van der Waals surface area contributed by atoms with Crippen molar-refractivity contribution in [1.29, 1.82) is 0 Å². The van der Waals surface area contributed by atoms with Gasteiger partial charge in [-0.05, 0) is 26.9 Å². The summed E-state index contributed by atoms with van der Waals surface area (Å²) in [6.07, 6.45) is 3.34. The molecular formula is C15H31N5OS. The smallest absolute Gasteiger partial charge is 0.191 e.